The third-order valence-electron chi connectivity index (χ3n) is 5.77. The average Bonchev–Trinajstić information content (AvgIpc) is 2.94. The van der Waals surface area contributed by atoms with Gasteiger partial charge in [0.1, 0.15) is 17.5 Å². The fourth-order valence-corrected chi connectivity index (χ4v) is 4.92. The molecule has 0 saturated carbocycles. The molecule has 2 aromatic rings. The summed E-state index contributed by atoms with van der Waals surface area (Å²) in [5.41, 5.74) is -2.89. The van der Waals surface area contributed by atoms with E-state index in [1.54, 1.807) is 20.8 Å². The van der Waals surface area contributed by atoms with Gasteiger partial charge in [0.15, 0.2) is 0 Å². The summed E-state index contributed by atoms with van der Waals surface area (Å²) in [5, 5.41) is 0.232. The molecule has 1 heterocycles. The molecular formula is C24H22Cl2F6N2O3. The number of benzene rings is 2. The summed E-state index contributed by atoms with van der Waals surface area (Å²) in [5.74, 6) is -3.64. The number of carbonyl (C=O) groups excluding carboxylic acids is 2. The second kappa shape index (κ2) is 9.58. The molecule has 37 heavy (non-hydrogen) atoms. The third-order valence-corrected chi connectivity index (χ3v) is 6.20. The first-order valence-electron chi connectivity index (χ1n) is 10.8. The topological polar surface area (TPSA) is 49.9 Å². The Labute approximate surface area is 218 Å². The molecule has 2 atom stereocenters. The van der Waals surface area contributed by atoms with Crippen molar-refractivity contribution in [2.75, 3.05) is 4.90 Å². The summed E-state index contributed by atoms with van der Waals surface area (Å²) >= 11 is 12.2. The monoisotopic (exact) mass is 570 g/mol. The fourth-order valence-electron chi connectivity index (χ4n) is 4.41. The average molecular weight is 571 g/mol. The van der Waals surface area contributed by atoms with Gasteiger partial charge in [-0.2, -0.15) is 13.2 Å². The van der Waals surface area contributed by atoms with Crippen LogP contribution in [0.4, 0.5) is 32.0 Å². The molecule has 202 valence electrons. The van der Waals surface area contributed by atoms with E-state index >= 15 is 0 Å². The molecule has 0 radical (unpaired) electrons. The summed E-state index contributed by atoms with van der Waals surface area (Å²) in [4.78, 5) is 28.3. The number of nitrogens with zero attached hydrogens (tertiary/aromatic N) is 2. The minimum absolute atomic E-state index is 0.0834. The summed E-state index contributed by atoms with van der Waals surface area (Å²) in [6.45, 7) is 5.88. The van der Waals surface area contributed by atoms with Crippen LogP contribution in [0.2, 0.25) is 10.0 Å². The third kappa shape index (κ3) is 6.09. The van der Waals surface area contributed by atoms with Crippen LogP contribution in [-0.4, -0.2) is 41.0 Å². The number of hydrogen-bond acceptors (Lipinski definition) is 3. The van der Waals surface area contributed by atoms with Crippen molar-refractivity contribution in [3.05, 3.63) is 58.1 Å². The van der Waals surface area contributed by atoms with Gasteiger partial charge < -0.3 is 4.74 Å². The van der Waals surface area contributed by atoms with Gasteiger partial charge in [-0.05, 0) is 42.8 Å². The Morgan fingerprint density at radius 3 is 1.92 bits per heavy atom. The number of ether oxygens (including phenoxy) is 1. The lowest BCUT2D eigenvalue weighted by Gasteiger charge is -2.42. The summed E-state index contributed by atoms with van der Waals surface area (Å²) in [6.07, 6.45) is -12.1. The van der Waals surface area contributed by atoms with Crippen molar-refractivity contribution in [2.24, 2.45) is 5.41 Å². The molecule has 0 spiro atoms. The molecule has 0 N–H and O–H groups in total. The van der Waals surface area contributed by atoms with Gasteiger partial charge in [-0.1, -0.05) is 56.1 Å². The quantitative estimate of drug-likeness (QED) is 0.372. The van der Waals surface area contributed by atoms with Gasteiger partial charge in [-0.25, -0.2) is 0 Å². The molecule has 1 aliphatic heterocycles. The molecule has 1 aliphatic rings. The summed E-state index contributed by atoms with van der Waals surface area (Å²) in [7, 11) is 0. The van der Waals surface area contributed by atoms with Gasteiger partial charge in [-0.3, -0.25) is 19.4 Å². The van der Waals surface area contributed by atoms with E-state index in [4.69, 9.17) is 23.2 Å². The van der Waals surface area contributed by atoms with Crippen LogP contribution in [0.3, 0.4) is 0 Å². The molecule has 0 bridgehead atoms. The maximum atomic E-state index is 13.9. The summed E-state index contributed by atoms with van der Waals surface area (Å²) in [6, 6.07) is 8.36. The van der Waals surface area contributed by atoms with Crippen LogP contribution in [0.15, 0.2) is 42.5 Å². The Morgan fingerprint density at radius 1 is 0.973 bits per heavy atom. The Kier molecular flexibility index (Phi) is 7.48. The lowest BCUT2D eigenvalue weighted by molar-refractivity contribution is -0.274. The van der Waals surface area contributed by atoms with Crippen LogP contribution >= 0.6 is 23.2 Å². The van der Waals surface area contributed by atoms with E-state index in [9.17, 15) is 35.9 Å². The predicted molar refractivity (Wildman–Crippen MR) is 125 cm³/mol. The minimum Gasteiger partial charge on any atom is -0.406 e. The molecule has 0 aliphatic carbocycles. The smallest absolute Gasteiger partial charge is 0.406 e. The van der Waals surface area contributed by atoms with Crippen LogP contribution in [0.5, 0.6) is 5.75 Å². The zero-order chi connectivity index (χ0) is 28.1. The number of alkyl halides is 6. The Balaban J connectivity index is 2.17. The molecular weight excluding hydrogens is 549 g/mol. The first kappa shape index (κ1) is 28.9. The highest BCUT2D eigenvalue weighted by Crippen LogP contribution is 2.46. The molecule has 0 aromatic heterocycles. The largest absolute Gasteiger partial charge is 0.573 e. The van der Waals surface area contributed by atoms with Crippen LogP contribution in [-0.2, 0) is 16.0 Å². The number of rotatable bonds is 4. The van der Waals surface area contributed by atoms with Crippen LogP contribution in [0, 0.1) is 5.41 Å². The zero-order valence-corrected chi connectivity index (χ0v) is 21.5. The molecule has 2 amide bonds. The van der Waals surface area contributed by atoms with E-state index < -0.39 is 53.6 Å². The molecule has 5 nitrogen and oxygen atoms in total. The Morgan fingerprint density at radius 2 is 1.49 bits per heavy atom. The normalized spacial score (nSPS) is 21.0. The van der Waals surface area contributed by atoms with E-state index in [1.165, 1.54) is 37.3 Å². The number of hydrogen-bond donors (Lipinski definition) is 0. The van der Waals surface area contributed by atoms with E-state index in [2.05, 4.69) is 4.74 Å². The Hall–Kier alpha value is -2.66. The van der Waals surface area contributed by atoms with Gasteiger partial charge in [0.2, 0.25) is 0 Å². The summed E-state index contributed by atoms with van der Waals surface area (Å²) < 4.78 is 82.9. The van der Waals surface area contributed by atoms with Crippen molar-refractivity contribution in [3.63, 3.8) is 0 Å². The number of carbonyl (C=O) groups is 2. The molecule has 1 fully saturated rings. The van der Waals surface area contributed by atoms with E-state index in [0.717, 1.165) is 17.0 Å². The lowest BCUT2D eigenvalue weighted by atomic mass is 9.87. The van der Waals surface area contributed by atoms with Gasteiger partial charge in [-0.15, -0.1) is 13.2 Å². The maximum absolute atomic E-state index is 13.9. The van der Waals surface area contributed by atoms with Gasteiger partial charge in [0.05, 0.1) is 0 Å². The van der Waals surface area contributed by atoms with E-state index in [1.807, 2.05) is 0 Å². The fraction of sp³-hybridized carbons (Fsp3) is 0.417. The molecule has 1 saturated heterocycles. The Bertz CT molecular complexity index is 1170. The lowest BCUT2D eigenvalue weighted by Crippen LogP contribution is -2.59. The molecule has 13 heteroatoms. The second-order valence-electron chi connectivity index (χ2n) is 9.86. The van der Waals surface area contributed by atoms with Crippen molar-refractivity contribution in [2.45, 2.75) is 58.4 Å². The van der Waals surface area contributed by atoms with Gasteiger partial charge >= 0.3 is 18.4 Å². The maximum Gasteiger partial charge on any atom is 0.573 e. The van der Waals surface area contributed by atoms with Gasteiger partial charge in [0, 0.05) is 27.6 Å². The number of amides is 2. The van der Waals surface area contributed by atoms with Crippen LogP contribution in [0.25, 0.3) is 0 Å². The SMILES string of the molecule is CC(C)(C)[C@@H]1N(c2cc(Cl)cc(Cl)c2)C(=O)[C@@](C)(Cc2ccc(OC(F)(F)F)cc2)N1C(=O)C(F)(F)F. The first-order valence-corrected chi connectivity index (χ1v) is 11.5. The molecule has 2 aromatic carbocycles. The standard InChI is InChI=1S/C24H22Cl2F6N2O3/c1-21(2,3)18-33(16-10-14(25)9-15(26)11-16)19(35)22(4,34(18)20(36)23(27,28)29)12-13-5-7-17(8-6-13)37-24(30,31)32/h5-11,18H,12H2,1-4H3/t18-,22-/m1/s1. The molecule has 3 rings (SSSR count). The van der Waals surface area contributed by atoms with Crippen molar-refractivity contribution in [1.82, 2.24) is 4.90 Å². The van der Waals surface area contributed by atoms with Crippen molar-refractivity contribution < 1.29 is 40.7 Å². The first-order chi connectivity index (χ1) is 16.7. The van der Waals surface area contributed by atoms with Crippen LogP contribution < -0.4 is 9.64 Å². The van der Waals surface area contributed by atoms with Crippen LogP contribution in [0.1, 0.15) is 33.3 Å². The minimum atomic E-state index is -5.32. The highest BCUT2D eigenvalue weighted by atomic mass is 35.5. The predicted octanol–water partition coefficient (Wildman–Crippen LogP) is 7.00. The van der Waals surface area contributed by atoms with E-state index in [-0.39, 0.29) is 21.3 Å². The van der Waals surface area contributed by atoms with Gasteiger partial charge in [0.25, 0.3) is 5.91 Å². The van der Waals surface area contributed by atoms with Crippen molar-refractivity contribution in [1.29, 1.82) is 0 Å². The highest BCUT2D eigenvalue weighted by Gasteiger charge is 2.64. The van der Waals surface area contributed by atoms with Crippen molar-refractivity contribution in [3.8, 4) is 5.75 Å². The van der Waals surface area contributed by atoms with E-state index in [0.29, 0.717) is 4.90 Å². The highest BCUT2D eigenvalue weighted by molar-refractivity contribution is 6.35. The second-order valence-corrected chi connectivity index (χ2v) is 10.7. The molecule has 0 unspecified atom stereocenters. The number of anilines is 1. The van der Waals surface area contributed by atoms with Crippen molar-refractivity contribution >= 4 is 40.7 Å². The number of halogens is 8. The zero-order valence-electron chi connectivity index (χ0n) is 20.0.